The number of benzene rings is 3. The quantitative estimate of drug-likeness (QED) is 0.258. The first-order chi connectivity index (χ1) is 20.2. The summed E-state index contributed by atoms with van der Waals surface area (Å²) in [6.45, 7) is 2.06. The highest BCUT2D eigenvalue weighted by Gasteiger charge is 2.35. The van der Waals surface area contributed by atoms with Crippen LogP contribution in [-0.2, 0) is 21.2 Å². The Balaban J connectivity index is 0.000000337. The second-order valence-electron chi connectivity index (χ2n) is 9.55. The van der Waals surface area contributed by atoms with E-state index in [9.17, 15) is 13.2 Å². The minimum absolute atomic E-state index is 0.00442. The van der Waals surface area contributed by atoms with Crippen LogP contribution < -0.4 is 23.7 Å². The van der Waals surface area contributed by atoms with E-state index in [0.29, 0.717) is 35.2 Å². The van der Waals surface area contributed by atoms with Gasteiger partial charge in [0.25, 0.3) is 0 Å². The predicted octanol–water partition coefficient (Wildman–Crippen LogP) is 6.19. The summed E-state index contributed by atoms with van der Waals surface area (Å²) in [5.41, 5.74) is 3.53. The lowest BCUT2D eigenvalue weighted by Crippen LogP contribution is -2.11. The summed E-state index contributed by atoms with van der Waals surface area (Å²) in [4.78, 5) is 11.1. The van der Waals surface area contributed by atoms with Crippen molar-refractivity contribution < 1.29 is 41.6 Å². The molecule has 2 heterocycles. The van der Waals surface area contributed by atoms with Crippen molar-refractivity contribution >= 4 is 27.6 Å². The van der Waals surface area contributed by atoms with Crippen LogP contribution in [-0.4, -0.2) is 55.7 Å². The summed E-state index contributed by atoms with van der Waals surface area (Å²) in [5.74, 6) is 2.20. The third-order valence-electron chi connectivity index (χ3n) is 7.18. The average Bonchev–Trinajstić information content (AvgIpc) is 3.52. The van der Waals surface area contributed by atoms with Crippen molar-refractivity contribution in [1.29, 1.82) is 0 Å². The number of sulfone groups is 1. The van der Waals surface area contributed by atoms with Crippen LogP contribution in [0.15, 0.2) is 53.4 Å². The second kappa shape index (κ2) is 13.6. The first kappa shape index (κ1) is 31.4. The van der Waals surface area contributed by atoms with E-state index in [0.717, 1.165) is 29.5 Å². The smallest absolute Gasteiger partial charge is 0.338 e. The maximum atomic E-state index is 13.0. The number of methoxy groups -OCH3 is 5. The van der Waals surface area contributed by atoms with Gasteiger partial charge in [0, 0.05) is 10.5 Å². The molecule has 0 radical (unpaired) electrons. The number of fused-ring (bicyclic) bond motifs is 2. The largest absolute Gasteiger partial charge is 0.493 e. The topological polar surface area (TPSA) is 107 Å². The third kappa shape index (κ3) is 6.42. The lowest BCUT2D eigenvalue weighted by molar-refractivity contribution is 0.0454. The highest BCUT2D eigenvalue weighted by Crippen LogP contribution is 2.56. The number of thioether (sulfide) groups is 1. The van der Waals surface area contributed by atoms with E-state index < -0.39 is 9.84 Å². The normalized spacial score (nSPS) is 17.4. The molecule has 0 N–H and O–H groups in total. The van der Waals surface area contributed by atoms with Crippen molar-refractivity contribution in [3.05, 3.63) is 70.8 Å². The Morgan fingerprint density at radius 2 is 1.45 bits per heavy atom. The monoisotopic (exact) mass is 616 g/mol. The predicted molar refractivity (Wildman–Crippen MR) is 161 cm³/mol. The Morgan fingerprint density at radius 3 is 2.02 bits per heavy atom. The van der Waals surface area contributed by atoms with E-state index in [4.69, 9.17) is 28.4 Å². The van der Waals surface area contributed by atoms with Crippen LogP contribution in [0.2, 0.25) is 0 Å². The average molecular weight is 617 g/mol. The fourth-order valence-corrected chi connectivity index (χ4v) is 8.03. The molecule has 3 aromatic carbocycles. The standard InChI is InChI=1S/C23H30O7S2.C8H6O2/c1-7-32(24,25)23-15(8-9-16(26-2)22(23)30-6)20-11-10-19(31-20)14-12-17(27-3)21(29-5)18(13-14)28-4;9-8-7-3-1-2-6(4-7)5-10-8/h8-9,12-13,19-20H,7,10-11H2,1-6H3;1-4H,5H2. The molecule has 3 aromatic rings. The summed E-state index contributed by atoms with van der Waals surface area (Å²) in [7, 11) is 4.21. The van der Waals surface area contributed by atoms with Crippen LogP contribution in [0.5, 0.6) is 28.7 Å². The molecule has 9 nitrogen and oxygen atoms in total. The molecule has 0 amide bonds. The molecule has 2 aliphatic rings. The molecular formula is C31H36O9S2. The van der Waals surface area contributed by atoms with E-state index >= 15 is 0 Å². The first-order valence-corrected chi connectivity index (χ1v) is 16.0. The zero-order valence-corrected chi connectivity index (χ0v) is 26.2. The number of cyclic esters (lactones) is 1. The van der Waals surface area contributed by atoms with Crippen LogP contribution in [0.25, 0.3) is 0 Å². The van der Waals surface area contributed by atoms with E-state index in [2.05, 4.69) is 0 Å². The van der Waals surface area contributed by atoms with Gasteiger partial charge in [-0.1, -0.05) is 25.1 Å². The molecule has 1 fully saturated rings. The number of carbonyl (C=O) groups is 1. The van der Waals surface area contributed by atoms with Crippen LogP contribution in [0.3, 0.4) is 0 Å². The van der Waals surface area contributed by atoms with Gasteiger partial charge in [-0.25, -0.2) is 13.2 Å². The molecule has 2 atom stereocenters. The Bertz CT molecular complexity index is 1510. The van der Waals surface area contributed by atoms with Crippen molar-refractivity contribution in [2.75, 3.05) is 41.3 Å². The van der Waals surface area contributed by atoms with Crippen LogP contribution in [0, 0.1) is 0 Å². The second-order valence-corrected chi connectivity index (χ2v) is 13.2. The minimum Gasteiger partial charge on any atom is -0.493 e. The number of carbonyl (C=O) groups excluding carboxylic acids is 1. The van der Waals surface area contributed by atoms with Crippen LogP contribution in [0.4, 0.5) is 0 Å². The highest BCUT2D eigenvalue weighted by molar-refractivity contribution is 8.00. The van der Waals surface area contributed by atoms with Crippen molar-refractivity contribution in [2.24, 2.45) is 0 Å². The van der Waals surface area contributed by atoms with Gasteiger partial charge in [-0.15, -0.1) is 11.8 Å². The van der Waals surface area contributed by atoms with E-state index in [1.165, 1.54) is 14.2 Å². The zero-order valence-electron chi connectivity index (χ0n) is 24.6. The van der Waals surface area contributed by atoms with Crippen molar-refractivity contribution in [3.8, 4) is 28.7 Å². The molecule has 42 heavy (non-hydrogen) atoms. The molecule has 5 rings (SSSR count). The Labute approximate surface area is 251 Å². The maximum Gasteiger partial charge on any atom is 0.338 e. The van der Waals surface area contributed by atoms with Gasteiger partial charge in [0.15, 0.2) is 32.8 Å². The molecule has 2 aliphatic heterocycles. The maximum absolute atomic E-state index is 13.0. The number of hydrogen-bond donors (Lipinski definition) is 0. The van der Waals surface area contributed by atoms with Gasteiger partial charge in [-0.05, 0) is 59.9 Å². The number of rotatable bonds is 9. The zero-order chi connectivity index (χ0) is 30.4. The molecule has 1 saturated heterocycles. The number of ether oxygens (including phenoxy) is 6. The van der Waals surface area contributed by atoms with Crippen molar-refractivity contribution in [1.82, 2.24) is 0 Å². The molecule has 0 aromatic heterocycles. The summed E-state index contributed by atoms with van der Waals surface area (Å²) in [6, 6.07) is 15.0. The minimum atomic E-state index is -3.53. The SMILES string of the molecule is CCS(=O)(=O)c1c(C2CCC(c3cc(OC)c(OC)c(OC)c3)S2)ccc(OC)c1OC.O=C1OCc2cccc1c2. The fourth-order valence-electron chi connectivity index (χ4n) is 5.05. The first-order valence-electron chi connectivity index (χ1n) is 13.4. The van der Waals surface area contributed by atoms with Gasteiger partial charge in [0.1, 0.15) is 11.5 Å². The molecular weight excluding hydrogens is 580 g/mol. The third-order valence-corrected chi connectivity index (χ3v) is 10.6. The van der Waals surface area contributed by atoms with Gasteiger partial charge < -0.3 is 28.4 Å². The molecule has 0 saturated carbocycles. The van der Waals surface area contributed by atoms with Gasteiger partial charge >= 0.3 is 5.97 Å². The lowest BCUT2D eigenvalue weighted by Gasteiger charge is -2.21. The Morgan fingerprint density at radius 1 is 0.810 bits per heavy atom. The molecule has 0 aliphatic carbocycles. The summed E-state index contributed by atoms with van der Waals surface area (Å²) >= 11 is 1.73. The molecule has 11 heteroatoms. The van der Waals surface area contributed by atoms with Gasteiger partial charge in [0.05, 0.1) is 46.9 Å². The molecule has 0 spiro atoms. The Kier molecular flexibility index (Phi) is 10.2. The summed E-state index contributed by atoms with van der Waals surface area (Å²) in [5, 5.41) is 0.147. The van der Waals surface area contributed by atoms with Gasteiger partial charge in [-0.3, -0.25) is 0 Å². The van der Waals surface area contributed by atoms with E-state index in [-0.39, 0.29) is 32.9 Å². The lowest BCUT2D eigenvalue weighted by atomic mass is 10.0. The summed E-state index contributed by atoms with van der Waals surface area (Å²) < 4.78 is 58.2. The molecule has 226 valence electrons. The van der Waals surface area contributed by atoms with Crippen LogP contribution >= 0.6 is 11.8 Å². The van der Waals surface area contributed by atoms with E-state index in [1.807, 2.05) is 36.4 Å². The van der Waals surface area contributed by atoms with E-state index in [1.54, 1.807) is 52.1 Å². The van der Waals surface area contributed by atoms with Gasteiger partial charge in [-0.2, -0.15) is 0 Å². The highest BCUT2D eigenvalue weighted by atomic mass is 32.2. The molecule has 2 unspecified atom stereocenters. The Hall–Kier alpha value is -3.57. The van der Waals surface area contributed by atoms with Crippen molar-refractivity contribution in [3.63, 3.8) is 0 Å². The molecule has 2 bridgehead atoms. The van der Waals surface area contributed by atoms with Gasteiger partial charge in [0.2, 0.25) is 5.75 Å². The number of hydrogen-bond acceptors (Lipinski definition) is 10. The van der Waals surface area contributed by atoms with Crippen molar-refractivity contribution in [2.45, 2.75) is 41.8 Å². The summed E-state index contributed by atoms with van der Waals surface area (Å²) in [6.07, 6.45) is 1.71. The van der Waals surface area contributed by atoms with Crippen LogP contribution in [0.1, 0.15) is 57.3 Å². The fraction of sp³-hybridized carbons (Fsp3) is 0.387. The number of esters is 1.